The average Bonchev–Trinajstić information content (AvgIpc) is 3.09. The number of benzene rings is 6. The Kier molecular flexibility index (Phi) is 11.6. The second-order valence-electron chi connectivity index (χ2n) is 11.2. The van der Waals surface area contributed by atoms with Crippen molar-refractivity contribution in [3.05, 3.63) is 168 Å². The highest BCUT2D eigenvalue weighted by molar-refractivity contribution is 5.66. The van der Waals surface area contributed by atoms with E-state index >= 15 is 0 Å². The van der Waals surface area contributed by atoms with Gasteiger partial charge in [0, 0.05) is 40.6 Å². The maximum atomic E-state index is 10.6. The Bertz CT molecular complexity index is 1750. The van der Waals surface area contributed by atoms with Gasteiger partial charge in [-0.3, -0.25) is 0 Å². The van der Waals surface area contributed by atoms with Crippen molar-refractivity contribution in [3.8, 4) is 33.8 Å². The molecule has 0 amide bonds. The highest BCUT2D eigenvalue weighted by atomic mass is 16.3. The quantitative estimate of drug-likeness (QED) is 0.112. The summed E-state index contributed by atoms with van der Waals surface area (Å²) in [6.45, 7) is 8.44. The number of aromatic hydroxyl groups is 2. The Morgan fingerprint density at radius 1 is 0.435 bits per heavy atom. The maximum absolute atomic E-state index is 10.6. The Hall–Kier alpha value is -5.48. The van der Waals surface area contributed by atoms with Crippen LogP contribution in [-0.4, -0.2) is 10.2 Å². The third-order valence-corrected chi connectivity index (χ3v) is 7.77. The third kappa shape index (κ3) is 8.36. The number of nitrogens with two attached hydrogens (primary N) is 2. The molecule has 0 bridgehead atoms. The summed E-state index contributed by atoms with van der Waals surface area (Å²) in [6, 6.07) is 47.6. The second-order valence-corrected chi connectivity index (χ2v) is 11.2. The lowest BCUT2D eigenvalue weighted by Crippen LogP contribution is -2.05. The zero-order valence-corrected chi connectivity index (χ0v) is 27.1. The van der Waals surface area contributed by atoms with Crippen LogP contribution >= 0.6 is 0 Å². The summed E-state index contributed by atoms with van der Waals surface area (Å²) in [5, 5.41) is 21.2. The van der Waals surface area contributed by atoms with Gasteiger partial charge in [0.2, 0.25) is 0 Å². The van der Waals surface area contributed by atoms with Crippen LogP contribution in [0, 0.1) is 0 Å². The molecule has 0 fully saturated rings. The summed E-state index contributed by atoms with van der Waals surface area (Å²) in [6.07, 6.45) is 0. The van der Waals surface area contributed by atoms with E-state index in [1.165, 1.54) is 28.8 Å². The number of phenolic OH excluding ortho intramolecular Hbond substituents is 2. The molecule has 6 aromatic rings. The van der Waals surface area contributed by atoms with Crippen LogP contribution in [0.1, 0.15) is 61.8 Å². The standard InChI is InChI=1S/C25H22N2O2.C15H16.C2H6/c26-19-10-12-21(23(28)14-19)25(22-13-11-20(27)15-24(22)29)18-8-6-17(7-9-18)16-4-2-1-3-5-16;1-12(2)13-8-10-15(11-9-13)14-6-4-3-5-7-14;1-2/h1-15,25,28-29H,26-27H2;3-12H,1-2H3;1-2H3. The lowest BCUT2D eigenvalue weighted by Gasteiger charge is -2.22. The molecule has 0 aliphatic carbocycles. The Labute approximate surface area is 273 Å². The first kappa shape index (κ1) is 33.4. The van der Waals surface area contributed by atoms with Crippen molar-refractivity contribution in [2.75, 3.05) is 11.5 Å². The lowest BCUT2D eigenvalue weighted by atomic mass is 9.83. The number of hydrogen-bond acceptors (Lipinski definition) is 4. The van der Waals surface area contributed by atoms with Gasteiger partial charge in [-0.1, -0.05) is 149 Å². The minimum atomic E-state index is -0.374. The van der Waals surface area contributed by atoms with E-state index in [1.54, 1.807) is 24.3 Å². The molecule has 46 heavy (non-hydrogen) atoms. The second kappa shape index (κ2) is 16.0. The highest BCUT2D eigenvalue weighted by Crippen LogP contribution is 2.42. The van der Waals surface area contributed by atoms with Crippen LogP contribution in [0.15, 0.2) is 146 Å². The minimum absolute atomic E-state index is 0.0818. The van der Waals surface area contributed by atoms with E-state index in [0.29, 0.717) is 28.4 Å². The summed E-state index contributed by atoms with van der Waals surface area (Å²) in [4.78, 5) is 0. The van der Waals surface area contributed by atoms with Crippen molar-refractivity contribution in [3.63, 3.8) is 0 Å². The first-order chi connectivity index (χ1) is 22.3. The van der Waals surface area contributed by atoms with Crippen LogP contribution in [-0.2, 0) is 0 Å². The molecule has 0 heterocycles. The molecule has 0 aromatic heterocycles. The van der Waals surface area contributed by atoms with E-state index in [9.17, 15) is 10.2 Å². The summed E-state index contributed by atoms with van der Waals surface area (Å²) in [5.74, 6) is 0.396. The van der Waals surface area contributed by atoms with E-state index in [4.69, 9.17) is 11.5 Å². The summed E-state index contributed by atoms with van der Waals surface area (Å²) < 4.78 is 0. The Balaban J connectivity index is 0.000000237. The van der Waals surface area contributed by atoms with Crippen LogP contribution < -0.4 is 11.5 Å². The molecule has 6 N–H and O–H groups in total. The van der Waals surface area contributed by atoms with Crippen LogP contribution in [0.25, 0.3) is 22.3 Å². The van der Waals surface area contributed by atoms with Crippen LogP contribution in [0.4, 0.5) is 11.4 Å². The molecule has 0 atom stereocenters. The van der Waals surface area contributed by atoms with Gasteiger partial charge in [0.15, 0.2) is 0 Å². The first-order valence-electron chi connectivity index (χ1n) is 15.8. The molecule has 0 spiro atoms. The molecule has 0 unspecified atom stereocenters. The molecule has 6 rings (SSSR count). The van der Waals surface area contributed by atoms with Crippen molar-refractivity contribution in [1.29, 1.82) is 0 Å². The van der Waals surface area contributed by atoms with Gasteiger partial charge in [-0.2, -0.15) is 0 Å². The first-order valence-corrected chi connectivity index (χ1v) is 15.8. The van der Waals surface area contributed by atoms with Gasteiger partial charge >= 0.3 is 0 Å². The fourth-order valence-corrected chi connectivity index (χ4v) is 5.33. The van der Waals surface area contributed by atoms with Gasteiger partial charge in [-0.25, -0.2) is 0 Å². The molecule has 6 aromatic carbocycles. The van der Waals surface area contributed by atoms with Crippen molar-refractivity contribution in [2.45, 2.75) is 39.5 Å². The number of hydrogen-bond donors (Lipinski definition) is 4. The predicted octanol–water partition coefficient (Wildman–Crippen LogP) is 10.6. The summed E-state index contributed by atoms with van der Waals surface area (Å²) >= 11 is 0. The summed E-state index contributed by atoms with van der Waals surface area (Å²) in [7, 11) is 0. The van der Waals surface area contributed by atoms with Gasteiger partial charge in [0.05, 0.1) is 0 Å². The number of phenols is 2. The monoisotopic (exact) mass is 608 g/mol. The van der Waals surface area contributed by atoms with Crippen molar-refractivity contribution in [1.82, 2.24) is 0 Å². The largest absolute Gasteiger partial charge is 0.508 e. The molecular weight excluding hydrogens is 564 g/mol. The summed E-state index contributed by atoms with van der Waals surface area (Å²) in [5.41, 5.74) is 21.0. The highest BCUT2D eigenvalue weighted by Gasteiger charge is 2.23. The molecule has 4 nitrogen and oxygen atoms in total. The zero-order chi connectivity index (χ0) is 33.1. The Morgan fingerprint density at radius 3 is 1.13 bits per heavy atom. The SMILES string of the molecule is CC.CC(C)c1ccc(-c2ccccc2)cc1.Nc1ccc(C(c2ccc(-c3ccccc3)cc2)c2ccc(N)cc2O)c(O)c1. The fourth-order valence-electron chi connectivity index (χ4n) is 5.33. The Morgan fingerprint density at radius 2 is 0.783 bits per heavy atom. The van der Waals surface area contributed by atoms with E-state index in [0.717, 1.165) is 16.7 Å². The van der Waals surface area contributed by atoms with Crippen molar-refractivity contribution in [2.24, 2.45) is 0 Å². The molecule has 0 saturated carbocycles. The molecule has 4 heteroatoms. The predicted molar refractivity (Wildman–Crippen MR) is 195 cm³/mol. The molecule has 234 valence electrons. The van der Waals surface area contributed by atoms with E-state index in [2.05, 4.69) is 74.5 Å². The van der Waals surface area contributed by atoms with E-state index < -0.39 is 0 Å². The smallest absolute Gasteiger partial charge is 0.121 e. The normalized spacial score (nSPS) is 10.5. The third-order valence-electron chi connectivity index (χ3n) is 7.77. The van der Waals surface area contributed by atoms with Gasteiger partial charge in [0.25, 0.3) is 0 Å². The number of nitrogen functional groups attached to an aromatic ring is 2. The van der Waals surface area contributed by atoms with Gasteiger partial charge < -0.3 is 21.7 Å². The van der Waals surface area contributed by atoms with Crippen LogP contribution in [0.5, 0.6) is 11.5 Å². The van der Waals surface area contributed by atoms with Gasteiger partial charge in [0.1, 0.15) is 11.5 Å². The van der Waals surface area contributed by atoms with Crippen LogP contribution in [0.2, 0.25) is 0 Å². The molecule has 0 aliphatic heterocycles. The fraction of sp³-hybridized carbons (Fsp3) is 0.143. The van der Waals surface area contributed by atoms with Crippen molar-refractivity contribution >= 4 is 11.4 Å². The average molecular weight is 609 g/mol. The van der Waals surface area contributed by atoms with Gasteiger partial charge in [-0.05, 0) is 51.4 Å². The lowest BCUT2D eigenvalue weighted by molar-refractivity contribution is 0.459. The zero-order valence-electron chi connectivity index (χ0n) is 27.1. The minimum Gasteiger partial charge on any atom is -0.508 e. The topological polar surface area (TPSA) is 92.5 Å². The molecule has 0 aliphatic rings. The number of anilines is 2. The maximum Gasteiger partial charge on any atom is 0.121 e. The van der Waals surface area contributed by atoms with E-state index in [-0.39, 0.29) is 17.4 Å². The van der Waals surface area contributed by atoms with E-state index in [1.807, 2.05) is 62.4 Å². The van der Waals surface area contributed by atoms with Crippen LogP contribution in [0.3, 0.4) is 0 Å². The molecule has 0 radical (unpaired) electrons. The van der Waals surface area contributed by atoms with Crippen molar-refractivity contribution < 1.29 is 10.2 Å². The molecular formula is C42H44N2O2. The van der Waals surface area contributed by atoms with Gasteiger partial charge in [-0.15, -0.1) is 0 Å². The molecule has 0 saturated heterocycles. The number of rotatable bonds is 6.